The molecule has 4 rings (SSSR count). The van der Waals surface area contributed by atoms with Crippen molar-refractivity contribution in [2.24, 2.45) is 5.92 Å². The summed E-state index contributed by atoms with van der Waals surface area (Å²) in [6.07, 6.45) is 4.12. The molecule has 2 atom stereocenters. The van der Waals surface area contributed by atoms with Crippen molar-refractivity contribution in [3.05, 3.63) is 46.3 Å². The smallest absolute Gasteiger partial charge is 0.255 e. The molecule has 4 heterocycles. The summed E-state index contributed by atoms with van der Waals surface area (Å²) in [4.78, 5) is 21.5. The molecule has 2 aliphatic heterocycles. The van der Waals surface area contributed by atoms with Gasteiger partial charge in [0.05, 0.1) is 11.7 Å². The van der Waals surface area contributed by atoms with Gasteiger partial charge in [0, 0.05) is 32.4 Å². The molecule has 2 aromatic heterocycles. The zero-order valence-electron chi connectivity index (χ0n) is 16.0. The Morgan fingerprint density at radius 1 is 1.19 bits per heavy atom. The molecule has 2 saturated heterocycles. The Bertz CT molecular complexity index is 754. The molecule has 0 radical (unpaired) electrons. The topological polar surface area (TPSA) is 45.7 Å². The monoisotopic (exact) mass is 385 g/mol. The number of piperidine rings is 1. The van der Waals surface area contributed by atoms with Gasteiger partial charge in [0.1, 0.15) is 11.9 Å². The average Bonchev–Trinajstić information content (AvgIpc) is 3.23. The number of anilines is 1. The SMILES string of the molecule is CC1CCN(C(=O)c2ccc(N3CC(C)OC(c4ccsc4)C3)nc2)CC1. The number of carbonyl (C=O) groups excluding carboxylic acids is 1. The molecule has 0 N–H and O–H groups in total. The van der Waals surface area contributed by atoms with Gasteiger partial charge in [-0.25, -0.2) is 4.98 Å². The van der Waals surface area contributed by atoms with Crippen molar-refractivity contribution in [2.45, 2.75) is 38.9 Å². The number of morpholine rings is 1. The highest BCUT2D eigenvalue weighted by Gasteiger charge is 2.28. The highest BCUT2D eigenvalue weighted by Crippen LogP contribution is 2.29. The molecule has 2 unspecified atom stereocenters. The van der Waals surface area contributed by atoms with E-state index in [4.69, 9.17) is 4.74 Å². The second-order valence-corrected chi connectivity index (χ2v) is 8.56. The first-order valence-corrected chi connectivity index (χ1v) is 10.7. The van der Waals surface area contributed by atoms with Crippen LogP contribution in [-0.4, -0.2) is 48.1 Å². The standard InChI is InChI=1S/C21H27N3O2S/c1-15-5-8-23(9-6-15)21(25)17-3-4-20(22-11-17)24-12-16(2)26-19(13-24)18-7-10-27-14-18/h3-4,7,10-11,14-16,19H,5-6,8-9,12-13H2,1-2H3. The van der Waals surface area contributed by atoms with Crippen LogP contribution in [0.2, 0.25) is 0 Å². The molecule has 0 spiro atoms. The maximum Gasteiger partial charge on any atom is 0.255 e. The summed E-state index contributed by atoms with van der Waals surface area (Å²) >= 11 is 1.69. The molecule has 5 nitrogen and oxygen atoms in total. The first-order valence-electron chi connectivity index (χ1n) is 9.78. The van der Waals surface area contributed by atoms with Crippen molar-refractivity contribution >= 4 is 23.1 Å². The molecule has 0 aliphatic carbocycles. The van der Waals surface area contributed by atoms with E-state index in [9.17, 15) is 4.79 Å². The summed E-state index contributed by atoms with van der Waals surface area (Å²) in [5, 5.41) is 4.23. The normalized spacial score (nSPS) is 24.2. The zero-order chi connectivity index (χ0) is 18.8. The number of nitrogens with zero attached hydrogens (tertiary/aromatic N) is 3. The van der Waals surface area contributed by atoms with Crippen LogP contribution in [0.5, 0.6) is 0 Å². The first kappa shape index (κ1) is 18.4. The van der Waals surface area contributed by atoms with Gasteiger partial charge in [-0.2, -0.15) is 11.3 Å². The summed E-state index contributed by atoms with van der Waals surface area (Å²) in [6, 6.07) is 6.02. The number of pyridine rings is 1. The number of thiophene rings is 1. The third kappa shape index (κ3) is 4.17. The maximum absolute atomic E-state index is 12.7. The van der Waals surface area contributed by atoms with Gasteiger partial charge < -0.3 is 14.5 Å². The van der Waals surface area contributed by atoms with Crippen molar-refractivity contribution in [1.82, 2.24) is 9.88 Å². The molecule has 2 aromatic rings. The Balaban J connectivity index is 1.44. The van der Waals surface area contributed by atoms with Crippen LogP contribution in [0.15, 0.2) is 35.2 Å². The fourth-order valence-corrected chi connectivity index (χ4v) is 4.58. The number of amides is 1. The van der Waals surface area contributed by atoms with Gasteiger partial charge in [-0.05, 0) is 60.2 Å². The van der Waals surface area contributed by atoms with Crippen molar-refractivity contribution in [3.8, 4) is 0 Å². The maximum atomic E-state index is 12.7. The van der Waals surface area contributed by atoms with Crippen LogP contribution in [0.25, 0.3) is 0 Å². The van der Waals surface area contributed by atoms with Crippen LogP contribution < -0.4 is 4.90 Å². The molecular weight excluding hydrogens is 358 g/mol. The fourth-order valence-electron chi connectivity index (χ4n) is 3.87. The number of rotatable bonds is 3. The lowest BCUT2D eigenvalue weighted by Gasteiger charge is -2.37. The first-order chi connectivity index (χ1) is 13.1. The Morgan fingerprint density at radius 3 is 2.67 bits per heavy atom. The minimum atomic E-state index is 0.0680. The number of carbonyl (C=O) groups is 1. The third-order valence-electron chi connectivity index (χ3n) is 5.56. The van der Waals surface area contributed by atoms with E-state index in [0.717, 1.165) is 44.8 Å². The van der Waals surface area contributed by atoms with Crippen LogP contribution >= 0.6 is 11.3 Å². The predicted molar refractivity (Wildman–Crippen MR) is 108 cm³/mol. The molecule has 0 bridgehead atoms. The minimum Gasteiger partial charge on any atom is -0.367 e. The Kier molecular flexibility index (Phi) is 5.45. The van der Waals surface area contributed by atoms with Crippen LogP contribution in [0, 0.1) is 5.92 Å². The highest BCUT2D eigenvalue weighted by atomic mass is 32.1. The summed E-state index contributed by atoms with van der Waals surface area (Å²) in [5.74, 6) is 1.73. The summed E-state index contributed by atoms with van der Waals surface area (Å²) in [7, 11) is 0. The van der Waals surface area contributed by atoms with Crippen LogP contribution in [0.4, 0.5) is 5.82 Å². The molecule has 27 heavy (non-hydrogen) atoms. The number of aromatic nitrogens is 1. The van der Waals surface area contributed by atoms with Crippen LogP contribution in [-0.2, 0) is 4.74 Å². The predicted octanol–water partition coefficient (Wildman–Crippen LogP) is 3.98. The van der Waals surface area contributed by atoms with Gasteiger partial charge in [0.25, 0.3) is 5.91 Å². The van der Waals surface area contributed by atoms with E-state index in [0.29, 0.717) is 11.5 Å². The second kappa shape index (κ2) is 7.98. The number of hydrogen-bond donors (Lipinski definition) is 0. The second-order valence-electron chi connectivity index (χ2n) is 7.78. The van der Waals surface area contributed by atoms with E-state index in [1.807, 2.05) is 17.0 Å². The molecule has 2 aliphatic rings. The lowest BCUT2D eigenvalue weighted by Crippen LogP contribution is -2.43. The molecule has 0 aromatic carbocycles. The highest BCUT2D eigenvalue weighted by molar-refractivity contribution is 7.07. The lowest BCUT2D eigenvalue weighted by molar-refractivity contribution is -0.0174. The van der Waals surface area contributed by atoms with Crippen molar-refractivity contribution in [1.29, 1.82) is 0 Å². The zero-order valence-corrected chi connectivity index (χ0v) is 16.8. The fraction of sp³-hybridized carbons (Fsp3) is 0.524. The summed E-state index contributed by atoms with van der Waals surface area (Å²) in [5.41, 5.74) is 1.91. The number of hydrogen-bond acceptors (Lipinski definition) is 5. The van der Waals surface area contributed by atoms with Crippen LogP contribution in [0.1, 0.15) is 48.7 Å². The molecule has 6 heteroatoms. The van der Waals surface area contributed by atoms with E-state index in [1.165, 1.54) is 5.56 Å². The minimum absolute atomic E-state index is 0.0680. The van der Waals surface area contributed by atoms with Crippen LogP contribution in [0.3, 0.4) is 0 Å². The lowest BCUT2D eigenvalue weighted by atomic mass is 9.99. The molecule has 0 saturated carbocycles. The summed E-state index contributed by atoms with van der Waals surface area (Å²) in [6.45, 7) is 7.65. The Morgan fingerprint density at radius 2 is 2.00 bits per heavy atom. The van der Waals surface area contributed by atoms with Crippen molar-refractivity contribution in [3.63, 3.8) is 0 Å². The quantitative estimate of drug-likeness (QED) is 0.802. The van der Waals surface area contributed by atoms with Gasteiger partial charge in [0.15, 0.2) is 0 Å². The largest absolute Gasteiger partial charge is 0.367 e. The van der Waals surface area contributed by atoms with Crippen molar-refractivity contribution in [2.75, 3.05) is 31.1 Å². The van der Waals surface area contributed by atoms with Gasteiger partial charge in [-0.3, -0.25) is 4.79 Å². The molecular formula is C21H27N3O2S. The van der Waals surface area contributed by atoms with Crippen molar-refractivity contribution < 1.29 is 9.53 Å². The van der Waals surface area contributed by atoms with E-state index < -0.39 is 0 Å². The molecule has 2 fully saturated rings. The number of likely N-dealkylation sites (tertiary alicyclic amines) is 1. The molecule has 144 valence electrons. The van der Waals surface area contributed by atoms with Gasteiger partial charge in [-0.1, -0.05) is 6.92 Å². The number of ether oxygens (including phenoxy) is 1. The average molecular weight is 386 g/mol. The van der Waals surface area contributed by atoms with Gasteiger partial charge in [0.2, 0.25) is 0 Å². The Labute approximate surface area is 165 Å². The van der Waals surface area contributed by atoms with E-state index in [-0.39, 0.29) is 18.1 Å². The third-order valence-corrected chi connectivity index (χ3v) is 6.27. The summed E-state index contributed by atoms with van der Waals surface area (Å²) < 4.78 is 6.11. The molecule has 1 amide bonds. The van der Waals surface area contributed by atoms with E-state index >= 15 is 0 Å². The Hall–Kier alpha value is -1.92. The van der Waals surface area contributed by atoms with Gasteiger partial charge in [-0.15, -0.1) is 0 Å². The van der Waals surface area contributed by atoms with Gasteiger partial charge >= 0.3 is 0 Å². The van der Waals surface area contributed by atoms with E-state index in [1.54, 1.807) is 17.5 Å². The van der Waals surface area contributed by atoms with E-state index in [2.05, 4.69) is 40.6 Å².